The molecule has 0 saturated carbocycles. The molecular weight excluding hydrogens is 305 g/mol. The van der Waals surface area contributed by atoms with Gasteiger partial charge >= 0.3 is 6.18 Å². The number of halogens is 3. The molecule has 0 saturated heterocycles. The second-order valence-corrected chi connectivity index (χ2v) is 4.43. The lowest BCUT2D eigenvalue weighted by Gasteiger charge is -2.19. The largest absolute Gasteiger partial charge is 0.467 e. The van der Waals surface area contributed by atoms with Crippen molar-refractivity contribution in [1.29, 1.82) is 0 Å². The van der Waals surface area contributed by atoms with Gasteiger partial charge in [-0.15, -0.1) is 0 Å². The van der Waals surface area contributed by atoms with Gasteiger partial charge in [0.15, 0.2) is 0 Å². The van der Waals surface area contributed by atoms with E-state index < -0.39 is 23.6 Å². The first-order valence-electron chi connectivity index (χ1n) is 5.99. The number of aromatic nitrogens is 1. The van der Waals surface area contributed by atoms with E-state index in [9.17, 15) is 28.1 Å². The van der Waals surface area contributed by atoms with E-state index in [4.69, 9.17) is 0 Å². The average Bonchev–Trinajstić information content (AvgIpc) is 2.45. The highest BCUT2D eigenvalue weighted by Crippen LogP contribution is 2.36. The Balaban J connectivity index is 2.48. The minimum Gasteiger partial charge on any atom is -0.467 e. The summed E-state index contributed by atoms with van der Waals surface area (Å²) in [7, 11) is 0. The van der Waals surface area contributed by atoms with Crippen molar-refractivity contribution in [2.45, 2.75) is 12.1 Å². The summed E-state index contributed by atoms with van der Waals surface area (Å²) in [6, 6.07) is 4.86. The van der Waals surface area contributed by atoms with E-state index in [-0.39, 0.29) is 23.1 Å². The Morgan fingerprint density at radius 3 is 2.68 bits per heavy atom. The van der Waals surface area contributed by atoms with Gasteiger partial charge < -0.3 is 4.74 Å². The van der Waals surface area contributed by atoms with Crippen LogP contribution in [0.2, 0.25) is 0 Å². The maximum Gasteiger partial charge on any atom is 0.399 e. The second-order valence-electron chi connectivity index (χ2n) is 4.43. The van der Waals surface area contributed by atoms with Crippen LogP contribution in [0.3, 0.4) is 0 Å². The summed E-state index contributed by atoms with van der Waals surface area (Å²) in [5.74, 6) is -2.05. The molecule has 0 radical (unpaired) electrons. The van der Waals surface area contributed by atoms with Gasteiger partial charge in [-0.2, -0.15) is 13.2 Å². The summed E-state index contributed by atoms with van der Waals surface area (Å²) >= 11 is 0. The zero-order valence-corrected chi connectivity index (χ0v) is 10.9. The molecule has 0 fully saturated rings. The summed E-state index contributed by atoms with van der Waals surface area (Å²) in [5.41, 5.74) is -0.159. The number of rotatable bonds is 5. The van der Waals surface area contributed by atoms with Gasteiger partial charge in [-0.25, -0.2) is 0 Å². The Kier molecular flexibility index (Phi) is 4.25. The van der Waals surface area contributed by atoms with Crippen LogP contribution in [0.4, 0.5) is 18.9 Å². The highest BCUT2D eigenvalue weighted by molar-refractivity contribution is 5.81. The van der Waals surface area contributed by atoms with Crippen LogP contribution >= 0.6 is 0 Å². The van der Waals surface area contributed by atoms with Gasteiger partial charge in [0.25, 0.3) is 12.2 Å². The van der Waals surface area contributed by atoms with E-state index in [2.05, 4.69) is 9.72 Å². The second kappa shape index (κ2) is 5.96. The number of nitrogens with zero attached hydrogens (tertiary/aromatic N) is 2. The van der Waals surface area contributed by atoms with Crippen LogP contribution in [0.15, 0.2) is 30.5 Å². The molecule has 22 heavy (non-hydrogen) atoms. The number of nitro benzene ring substituents is 1. The van der Waals surface area contributed by atoms with Crippen molar-refractivity contribution < 1.29 is 27.6 Å². The van der Waals surface area contributed by atoms with Gasteiger partial charge in [-0.1, -0.05) is 0 Å². The minimum atomic E-state index is -4.64. The molecule has 9 heteroatoms. The lowest BCUT2D eigenvalue weighted by Crippen LogP contribution is -2.25. The lowest BCUT2D eigenvalue weighted by atomic mass is 9.99. The molecule has 1 aromatic heterocycles. The maximum absolute atomic E-state index is 13.0. The van der Waals surface area contributed by atoms with Crippen molar-refractivity contribution >= 4 is 23.1 Å². The number of non-ortho nitro benzene ring substituents is 1. The van der Waals surface area contributed by atoms with Gasteiger partial charge in [0.2, 0.25) is 0 Å². The number of nitro groups is 1. The van der Waals surface area contributed by atoms with Crippen LogP contribution in [-0.4, -0.2) is 29.2 Å². The highest BCUT2D eigenvalue weighted by atomic mass is 19.4. The number of carbonyl (C=O) groups is 1. The SMILES string of the molecule is O=COCC(c1cnc2ccc([N+](=O)[O-])cc2c1)C(F)(F)F. The van der Waals surface area contributed by atoms with E-state index in [1.165, 1.54) is 12.1 Å². The van der Waals surface area contributed by atoms with Crippen molar-refractivity contribution in [2.75, 3.05) is 6.61 Å². The molecule has 0 aliphatic carbocycles. The quantitative estimate of drug-likeness (QED) is 0.481. The van der Waals surface area contributed by atoms with Crippen molar-refractivity contribution in [3.63, 3.8) is 0 Å². The molecule has 2 aromatic rings. The molecule has 0 aliphatic heterocycles. The van der Waals surface area contributed by atoms with Gasteiger partial charge in [-0.3, -0.25) is 19.9 Å². The Labute approximate surface area is 121 Å². The van der Waals surface area contributed by atoms with Gasteiger partial charge in [-0.05, 0) is 17.7 Å². The molecule has 1 aromatic carbocycles. The smallest absolute Gasteiger partial charge is 0.399 e. The van der Waals surface area contributed by atoms with Crippen LogP contribution < -0.4 is 0 Å². The molecule has 2 rings (SSSR count). The molecule has 1 unspecified atom stereocenters. The van der Waals surface area contributed by atoms with Crippen molar-refractivity contribution in [1.82, 2.24) is 4.98 Å². The summed E-state index contributed by atoms with van der Waals surface area (Å²) < 4.78 is 43.2. The molecule has 116 valence electrons. The predicted molar refractivity (Wildman–Crippen MR) is 69.2 cm³/mol. The summed E-state index contributed by atoms with van der Waals surface area (Å²) in [6.07, 6.45) is -3.63. The molecule has 0 spiro atoms. The normalized spacial score (nSPS) is 12.9. The molecule has 0 amide bonds. The first-order valence-corrected chi connectivity index (χ1v) is 5.99. The van der Waals surface area contributed by atoms with Gasteiger partial charge in [0.1, 0.15) is 12.5 Å². The van der Waals surface area contributed by atoms with Crippen LogP contribution in [0.25, 0.3) is 10.9 Å². The van der Waals surface area contributed by atoms with E-state index in [0.717, 1.165) is 18.3 Å². The van der Waals surface area contributed by atoms with E-state index in [1.807, 2.05) is 0 Å². The van der Waals surface area contributed by atoms with E-state index >= 15 is 0 Å². The molecular formula is C13H9F3N2O4. The third-order valence-corrected chi connectivity index (χ3v) is 3.03. The molecule has 1 atom stereocenters. The van der Waals surface area contributed by atoms with Gasteiger partial charge in [0.05, 0.1) is 10.4 Å². The van der Waals surface area contributed by atoms with Gasteiger partial charge in [0, 0.05) is 23.7 Å². The Morgan fingerprint density at radius 1 is 1.36 bits per heavy atom. The van der Waals surface area contributed by atoms with E-state index in [1.54, 1.807) is 0 Å². The number of carbonyl (C=O) groups excluding carboxylic acids is 1. The summed E-state index contributed by atoms with van der Waals surface area (Å²) in [5, 5.41) is 10.9. The monoisotopic (exact) mass is 314 g/mol. The number of fused-ring (bicyclic) bond motifs is 1. The fourth-order valence-corrected chi connectivity index (χ4v) is 1.96. The third kappa shape index (κ3) is 3.30. The molecule has 6 nitrogen and oxygen atoms in total. The predicted octanol–water partition coefficient (Wildman–Crippen LogP) is 2.96. The van der Waals surface area contributed by atoms with Crippen LogP contribution in [-0.2, 0) is 9.53 Å². The Bertz CT molecular complexity index is 718. The van der Waals surface area contributed by atoms with Crippen LogP contribution in [0, 0.1) is 10.1 Å². The molecule has 0 bridgehead atoms. The first kappa shape index (κ1) is 15.7. The highest BCUT2D eigenvalue weighted by Gasteiger charge is 2.41. The lowest BCUT2D eigenvalue weighted by molar-refractivity contribution is -0.384. The third-order valence-electron chi connectivity index (χ3n) is 3.03. The Morgan fingerprint density at radius 2 is 2.09 bits per heavy atom. The molecule has 0 N–H and O–H groups in total. The summed E-state index contributed by atoms with van der Waals surface area (Å²) in [6.45, 7) is -0.951. The van der Waals surface area contributed by atoms with E-state index in [0.29, 0.717) is 5.52 Å². The number of ether oxygens (including phenoxy) is 1. The number of hydrogen-bond acceptors (Lipinski definition) is 5. The zero-order chi connectivity index (χ0) is 16.3. The fourth-order valence-electron chi connectivity index (χ4n) is 1.96. The van der Waals surface area contributed by atoms with Crippen LogP contribution in [0.1, 0.15) is 11.5 Å². The minimum absolute atomic E-state index is 0.0714. The van der Waals surface area contributed by atoms with Crippen molar-refractivity contribution in [3.8, 4) is 0 Å². The fraction of sp³-hybridized carbons (Fsp3) is 0.231. The average molecular weight is 314 g/mol. The molecule has 1 heterocycles. The number of alkyl halides is 3. The first-order chi connectivity index (χ1) is 10.3. The number of hydrogen-bond donors (Lipinski definition) is 0. The summed E-state index contributed by atoms with van der Waals surface area (Å²) in [4.78, 5) is 24.0. The number of pyridine rings is 1. The van der Waals surface area contributed by atoms with Crippen molar-refractivity contribution in [2.24, 2.45) is 0 Å². The zero-order valence-electron chi connectivity index (χ0n) is 10.9. The maximum atomic E-state index is 13.0. The standard InChI is InChI=1S/C13H9F3N2O4/c14-13(15,16)11(6-22-7-19)9-3-8-4-10(18(20)21)1-2-12(8)17-5-9/h1-5,7,11H,6H2. The van der Waals surface area contributed by atoms with Crippen LogP contribution in [0.5, 0.6) is 0 Å². The topological polar surface area (TPSA) is 82.3 Å². The molecule has 0 aliphatic rings. The van der Waals surface area contributed by atoms with Crippen molar-refractivity contribution in [3.05, 3.63) is 46.1 Å². The number of benzene rings is 1. The Hall–Kier alpha value is -2.71.